The first-order valence-corrected chi connectivity index (χ1v) is 5.50. The Morgan fingerprint density at radius 3 is 1.70 bits per heavy atom. The molecule has 0 unspecified atom stereocenters. The third-order valence-electron chi connectivity index (χ3n) is 2.04. The van der Waals surface area contributed by atoms with Gasteiger partial charge in [0.1, 0.15) is 0 Å². The minimum atomic E-state index is -0.487. The Morgan fingerprint density at radius 2 is 1.35 bits per heavy atom. The standard InChI is InChI=1S/C12H10N4O4/c17-11(9-3-1-7-19-9)15-13-5-6-14-16-12(18)10-4-2-8-20-10/h1-8H,(H,15,17)(H,16,18)/b13-5+,14-6+. The van der Waals surface area contributed by atoms with E-state index in [1.807, 2.05) is 0 Å². The highest BCUT2D eigenvalue weighted by molar-refractivity contribution is 6.16. The Morgan fingerprint density at radius 1 is 0.900 bits per heavy atom. The Kier molecular flexibility index (Phi) is 4.44. The SMILES string of the molecule is O=C(N/N=C/C=N/NC(=O)c1ccco1)c1ccco1. The van der Waals surface area contributed by atoms with Crippen LogP contribution in [0.25, 0.3) is 0 Å². The number of hydrazone groups is 2. The Hall–Kier alpha value is -3.16. The molecule has 0 saturated carbocycles. The highest BCUT2D eigenvalue weighted by atomic mass is 16.3. The summed E-state index contributed by atoms with van der Waals surface area (Å²) < 4.78 is 9.72. The molecule has 0 radical (unpaired) electrons. The molecule has 0 bridgehead atoms. The molecule has 0 saturated heterocycles. The van der Waals surface area contributed by atoms with Gasteiger partial charge in [0.15, 0.2) is 11.5 Å². The van der Waals surface area contributed by atoms with Gasteiger partial charge in [0, 0.05) is 0 Å². The second-order valence-electron chi connectivity index (χ2n) is 3.39. The van der Waals surface area contributed by atoms with Crippen molar-refractivity contribution in [1.82, 2.24) is 10.9 Å². The van der Waals surface area contributed by atoms with E-state index >= 15 is 0 Å². The predicted molar refractivity (Wildman–Crippen MR) is 69.3 cm³/mol. The monoisotopic (exact) mass is 274 g/mol. The number of hydrogen-bond acceptors (Lipinski definition) is 6. The van der Waals surface area contributed by atoms with Crippen molar-refractivity contribution in [3.05, 3.63) is 48.3 Å². The minimum Gasteiger partial charge on any atom is -0.459 e. The average molecular weight is 274 g/mol. The predicted octanol–water partition coefficient (Wildman–Crippen LogP) is 1.00. The molecule has 0 fully saturated rings. The molecule has 2 heterocycles. The van der Waals surface area contributed by atoms with Crippen LogP contribution in [0.2, 0.25) is 0 Å². The molecular weight excluding hydrogens is 264 g/mol. The lowest BCUT2D eigenvalue weighted by Crippen LogP contribution is -2.18. The fraction of sp³-hybridized carbons (Fsp3) is 0. The first-order valence-electron chi connectivity index (χ1n) is 5.50. The van der Waals surface area contributed by atoms with E-state index in [4.69, 9.17) is 8.83 Å². The molecular formula is C12H10N4O4. The summed E-state index contributed by atoms with van der Waals surface area (Å²) in [6, 6.07) is 6.18. The second kappa shape index (κ2) is 6.69. The Balaban J connectivity index is 1.72. The summed E-state index contributed by atoms with van der Waals surface area (Å²) >= 11 is 0. The van der Waals surface area contributed by atoms with E-state index < -0.39 is 11.8 Å². The Bertz CT molecular complexity index is 558. The van der Waals surface area contributed by atoms with Crippen LogP contribution in [0, 0.1) is 0 Å². The number of rotatable bonds is 5. The van der Waals surface area contributed by atoms with Gasteiger partial charge in [0.2, 0.25) is 0 Å². The van der Waals surface area contributed by atoms with Gasteiger partial charge >= 0.3 is 11.8 Å². The van der Waals surface area contributed by atoms with Crippen molar-refractivity contribution in [3.63, 3.8) is 0 Å². The average Bonchev–Trinajstić information content (AvgIpc) is 3.14. The van der Waals surface area contributed by atoms with Gasteiger partial charge < -0.3 is 8.83 Å². The molecule has 2 amide bonds. The van der Waals surface area contributed by atoms with Crippen LogP contribution in [0.5, 0.6) is 0 Å². The zero-order valence-corrected chi connectivity index (χ0v) is 10.1. The summed E-state index contributed by atoms with van der Waals surface area (Å²) in [5.74, 6) is -0.686. The lowest BCUT2D eigenvalue weighted by molar-refractivity contribution is 0.0920. The van der Waals surface area contributed by atoms with E-state index in [-0.39, 0.29) is 11.5 Å². The lowest BCUT2D eigenvalue weighted by Gasteiger charge is -1.94. The van der Waals surface area contributed by atoms with E-state index in [2.05, 4.69) is 21.1 Å². The highest BCUT2D eigenvalue weighted by Gasteiger charge is 2.06. The topological polar surface area (TPSA) is 109 Å². The molecule has 102 valence electrons. The molecule has 20 heavy (non-hydrogen) atoms. The molecule has 0 aliphatic heterocycles. The summed E-state index contributed by atoms with van der Waals surface area (Å²) in [7, 11) is 0. The lowest BCUT2D eigenvalue weighted by atomic mass is 10.4. The molecule has 0 atom stereocenters. The fourth-order valence-corrected chi connectivity index (χ4v) is 1.18. The number of furan rings is 2. The van der Waals surface area contributed by atoms with Crippen molar-refractivity contribution in [2.45, 2.75) is 0 Å². The zero-order chi connectivity index (χ0) is 14.2. The quantitative estimate of drug-likeness (QED) is 0.626. The van der Waals surface area contributed by atoms with Crippen LogP contribution >= 0.6 is 0 Å². The van der Waals surface area contributed by atoms with Crippen LogP contribution in [0.4, 0.5) is 0 Å². The molecule has 0 aliphatic carbocycles. The van der Waals surface area contributed by atoms with Gasteiger partial charge in [-0.15, -0.1) is 0 Å². The molecule has 2 rings (SSSR count). The molecule has 8 nitrogen and oxygen atoms in total. The Labute approximate surface area is 113 Å². The zero-order valence-electron chi connectivity index (χ0n) is 10.1. The van der Waals surface area contributed by atoms with Gasteiger partial charge in [-0.25, -0.2) is 10.9 Å². The number of nitrogens with zero attached hydrogens (tertiary/aromatic N) is 2. The van der Waals surface area contributed by atoms with Crippen molar-refractivity contribution in [1.29, 1.82) is 0 Å². The largest absolute Gasteiger partial charge is 0.459 e. The molecule has 0 aliphatic rings. The van der Waals surface area contributed by atoms with Gasteiger partial charge in [-0.05, 0) is 24.3 Å². The van der Waals surface area contributed by atoms with Crippen LogP contribution in [-0.4, -0.2) is 24.2 Å². The van der Waals surface area contributed by atoms with Gasteiger partial charge in [-0.1, -0.05) is 0 Å². The molecule has 0 aromatic carbocycles. The fourth-order valence-electron chi connectivity index (χ4n) is 1.18. The maximum atomic E-state index is 11.4. The summed E-state index contributed by atoms with van der Waals surface area (Å²) in [4.78, 5) is 22.7. The first-order chi connectivity index (χ1) is 9.77. The number of carbonyl (C=O) groups excluding carboxylic acids is 2. The van der Waals surface area contributed by atoms with Crippen molar-refractivity contribution in [2.75, 3.05) is 0 Å². The number of hydrogen-bond donors (Lipinski definition) is 2. The summed E-state index contributed by atoms with van der Waals surface area (Å²) in [6.07, 6.45) is 5.15. The summed E-state index contributed by atoms with van der Waals surface area (Å²) in [5.41, 5.74) is 4.43. The van der Waals surface area contributed by atoms with Crippen molar-refractivity contribution < 1.29 is 18.4 Å². The maximum Gasteiger partial charge on any atom is 0.307 e. The van der Waals surface area contributed by atoms with Crippen LogP contribution < -0.4 is 10.9 Å². The van der Waals surface area contributed by atoms with Crippen LogP contribution in [0.1, 0.15) is 21.1 Å². The number of amides is 2. The normalized spacial score (nSPS) is 11.0. The second-order valence-corrected chi connectivity index (χ2v) is 3.39. The van der Waals surface area contributed by atoms with Gasteiger partial charge in [0.05, 0.1) is 25.0 Å². The summed E-state index contributed by atoms with van der Waals surface area (Å²) in [6.45, 7) is 0. The first kappa shape index (κ1) is 13.3. The van der Waals surface area contributed by atoms with E-state index in [1.165, 1.54) is 37.1 Å². The van der Waals surface area contributed by atoms with Crippen LogP contribution in [0.3, 0.4) is 0 Å². The van der Waals surface area contributed by atoms with E-state index in [0.717, 1.165) is 0 Å². The third-order valence-corrected chi connectivity index (χ3v) is 2.04. The van der Waals surface area contributed by atoms with Crippen molar-refractivity contribution in [2.24, 2.45) is 10.2 Å². The summed E-state index contributed by atoms with van der Waals surface area (Å²) in [5, 5.41) is 7.16. The van der Waals surface area contributed by atoms with Crippen molar-refractivity contribution >= 4 is 24.2 Å². The number of nitrogens with one attached hydrogen (secondary N) is 2. The molecule has 0 spiro atoms. The van der Waals surface area contributed by atoms with E-state index in [1.54, 1.807) is 12.1 Å². The third kappa shape index (κ3) is 3.67. The molecule has 8 heteroatoms. The van der Waals surface area contributed by atoms with E-state index in [0.29, 0.717) is 0 Å². The van der Waals surface area contributed by atoms with Crippen LogP contribution in [0.15, 0.2) is 55.8 Å². The van der Waals surface area contributed by atoms with E-state index in [9.17, 15) is 9.59 Å². The molecule has 2 aromatic heterocycles. The molecule has 2 N–H and O–H groups in total. The number of carbonyl (C=O) groups is 2. The highest BCUT2D eigenvalue weighted by Crippen LogP contribution is 1.99. The smallest absolute Gasteiger partial charge is 0.307 e. The van der Waals surface area contributed by atoms with Crippen molar-refractivity contribution in [3.8, 4) is 0 Å². The van der Waals surface area contributed by atoms with Gasteiger partial charge in [-0.3, -0.25) is 9.59 Å². The van der Waals surface area contributed by atoms with Gasteiger partial charge in [-0.2, -0.15) is 10.2 Å². The molecule has 2 aromatic rings. The minimum absolute atomic E-state index is 0.144. The van der Waals surface area contributed by atoms with Gasteiger partial charge in [0.25, 0.3) is 0 Å². The maximum absolute atomic E-state index is 11.4. The van der Waals surface area contributed by atoms with Crippen LogP contribution in [-0.2, 0) is 0 Å².